The summed E-state index contributed by atoms with van der Waals surface area (Å²) in [6, 6.07) is 9.71. The molecule has 17 heavy (non-hydrogen) atoms. The number of rotatable bonds is 3. The molecule has 0 saturated carbocycles. The summed E-state index contributed by atoms with van der Waals surface area (Å²) in [6.45, 7) is 0.358. The van der Waals surface area contributed by atoms with Gasteiger partial charge in [0.15, 0.2) is 0 Å². The smallest absolute Gasteiger partial charge is 0.127 e. The topological polar surface area (TPSA) is 32.3 Å². The van der Waals surface area contributed by atoms with E-state index >= 15 is 0 Å². The van der Waals surface area contributed by atoms with Gasteiger partial charge in [-0.15, -0.1) is 0 Å². The average molecular weight is 235 g/mol. The van der Waals surface area contributed by atoms with Crippen molar-refractivity contribution in [1.82, 2.24) is 0 Å². The van der Waals surface area contributed by atoms with Gasteiger partial charge in [0.05, 0.1) is 0 Å². The number of phenolic OH excluding ortho intramolecular Hbond substituents is 1. The van der Waals surface area contributed by atoms with Crippen LogP contribution in [-0.4, -0.2) is 5.11 Å². The van der Waals surface area contributed by atoms with Crippen LogP contribution in [0.3, 0.4) is 0 Å². The minimum Gasteiger partial charge on any atom is -0.508 e. The molecule has 2 aromatic rings. The molecule has 0 saturated heterocycles. The molecule has 0 aliphatic heterocycles. The van der Waals surface area contributed by atoms with Gasteiger partial charge in [0.1, 0.15) is 17.4 Å². The molecular weight excluding hydrogens is 224 g/mol. The van der Waals surface area contributed by atoms with Crippen LogP contribution >= 0.6 is 0 Å². The van der Waals surface area contributed by atoms with E-state index in [4.69, 9.17) is 0 Å². The first-order chi connectivity index (χ1) is 8.13. The highest BCUT2D eigenvalue weighted by Crippen LogP contribution is 2.16. The van der Waals surface area contributed by atoms with E-state index in [9.17, 15) is 13.9 Å². The highest BCUT2D eigenvalue weighted by molar-refractivity contribution is 5.44. The Morgan fingerprint density at radius 3 is 2.29 bits per heavy atom. The van der Waals surface area contributed by atoms with Crippen LogP contribution in [0.15, 0.2) is 42.5 Å². The van der Waals surface area contributed by atoms with E-state index in [1.54, 1.807) is 12.1 Å². The van der Waals surface area contributed by atoms with Crippen LogP contribution in [0.5, 0.6) is 5.75 Å². The quantitative estimate of drug-likeness (QED) is 0.855. The molecule has 2 aromatic carbocycles. The summed E-state index contributed by atoms with van der Waals surface area (Å²) in [4.78, 5) is 0. The molecule has 0 bridgehead atoms. The van der Waals surface area contributed by atoms with Gasteiger partial charge in [0.2, 0.25) is 0 Å². The van der Waals surface area contributed by atoms with Gasteiger partial charge in [-0.05, 0) is 42.0 Å². The number of hydrogen-bond donors (Lipinski definition) is 2. The maximum atomic E-state index is 13.0. The van der Waals surface area contributed by atoms with Crippen molar-refractivity contribution in [2.75, 3.05) is 5.32 Å². The Morgan fingerprint density at radius 2 is 1.65 bits per heavy atom. The zero-order chi connectivity index (χ0) is 12.3. The van der Waals surface area contributed by atoms with Crippen LogP contribution in [0, 0.1) is 11.6 Å². The lowest BCUT2D eigenvalue weighted by molar-refractivity contribution is 0.468. The van der Waals surface area contributed by atoms with E-state index in [0.717, 1.165) is 11.8 Å². The van der Waals surface area contributed by atoms with Crippen molar-refractivity contribution in [3.63, 3.8) is 0 Å². The van der Waals surface area contributed by atoms with Gasteiger partial charge < -0.3 is 10.4 Å². The van der Waals surface area contributed by atoms with E-state index in [1.807, 2.05) is 0 Å². The van der Waals surface area contributed by atoms with E-state index in [-0.39, 0.29) is 11.6 Å². The third-order valence-electron chi connectivity index (χ3n) is 2.28. The van der Waals surface area contributed by atoms with Gasteiger partial charge in [-0.1, -0.05) is 0 Å². The lowest BCUT2D eigenvalue weighted by Crippen LogP contribution is -1.99. The zero-order valence-corrected chi connectivity index (χ0v) is 8.95. The molecule has 0 unspecified atom stereocenters. The van der Waals surface area contributed by atoms with Crippen molar-refractivity contribution >= 4 is 5.69 Å². The molecule has 0 atom stereocenters. The Bertz CT molecular complexity index is 491. The number of nitrogens with one attached hydrogen (secondary N) is 1. The molecule has 0 aliphatic carbocycles. The number of benzene rings is 2. The Balaban J connectivity index is 2.04. The maximum absolute atomic E-state index is 13.0. The second-order valence-corrected chi connectivity index (χ2v) is 3.68. The number of halogens is 2. The van der Waals surface area contributed by atoms with Crippen LogP contribution in [0.1, 0.15) is 5.56 Å². The van der Waals surface area contributed by atoms with Gasteiger partial charge >= 0.3 is 0 Å². The van der Waals surface area contributed by atoms with Crippen molar-refractivity contribution < 1.29 is 13.9 Å². The molecular formula is C13H11F2NO. The van der Waals surface area contributed by atoms with E-state index in [1.165, 1.54) is 24.3 Å². The fourth-order valence-electron chi connectivity index (χ4n) is 1.51. The van der Waals surface area contributed by atoms with Crippen molar-refractivity contribution in [2.45, 2.75) is 6.54 Å². The third-order valence-corrected chi connectivity index (χ3v) is 2.28. The normalized spacial score (nSPS) is 10.2. The summed E-state index contributed by atoms with van der Waals surface area (Å²) in [7, 11) is 0. The summed E-state index contributed by atoms with van der Waals surface area (Å²) in [5.41, 5.74) is 1.35. The van der Waals surface area contributed by atoms with E-state index < -0.39 is 5.82 Å². The van der Waals surface area contributed by atoms with Crippen LogP contribution < -0.4 is 5.32 Å². The number of phenols is 1. The zero-order valence-electron chi connectivity index (χ0n) is 8.95. The standard InChI is InChI=1S/C13H11F2NO/c14-10-1-3-12(4-2-10)16-8-9-5-11(15)7-13(17)6-9/h1-7,16-17H,8H2. The number of anilines is 1. The molecule has 4 heteroatoms. The maximum Gasteiger partial charge on any atom is 0.127 e. The molecule has 0 spiro atoms. The first-order valence-electron chi connectivity index (χ1n) is 5.11. The molecule has 2 rings (SSSR count). The molecule has 0 heterocycles. The second kappa shape index (κ2) is 4.82. The van der Waals surface area contributed by atoms with E-state index in [2.05, 4.69) is 5.32 Å². The SMILES string of the molecule is Oc1cc(F)cc(CNc2ccc(F)cc2)c1. The van der Waals surface area contributed by atoms with Crippen LogP contribution in [0.4, 0.5) is 14.5 Å². The fourth-order valence-corrected chi connectivity index (χ4v) is 1.51. The summed E-state index contributed by atoms with van der Waals surface area (Å²) in [5, 5.41) is 12.2. The van der Waals surface area contributed by atoms with Gasteiger partial charge in [0.25, 0.3) is 0 Å². The van der Waals surface area contributed by atoms with Gasteiger partial charge in [-0.3, -0.25) is 0 Å². The molecule has 0 fully saturated rings. The lowest BCUT2D eigenvalue weighted by atomic mass is 10.2. The molecule has 2 N–H and O–H groups in total. The average Bonchev–Trinajstić information content (AvgIpc) is 2.27. The highest BCUT2D eigenvalue weighted by Gasteiger charge is 2.00. The molecule has 0 radical (unpaired) electrons. The Hall–Kier alpha value is -2.10. The Kier molecular flexibility index (Phi) is 3.23. The van der Waals surface area contributed by atoms with E-state index in [0.29, 0.717) is 12.1 Å². The van der Waals surface area contributed by atoms with Crippen LogP contribution in [0.2, 0.25) is 0 Å². The summed E-state index contributed by atoms with van der Waals surface area (Å²) >= 11 is 0. The first-order valence-corrected chi connectivity index (χ1v) is 5.11. The number of aromatic hydroxyl groups is 1. The molecule has 0 aliphatic rings. The van der Waals surface area contributed by atoms with Crippen molar-refractivity contribution in [3.8, 4) is 5.75 Å². The monoisotopic (exact) mass is 235 g/mol. The van der Waals surface area contributed by atoms with Gasteiger partial charge in [-0.25, -0.2) is 8.78 Å². The molecule has 88 valence electrons. The predicted octanol–water partition coefficient (Wildman–Crippen LogP) is 3.28. The lowest BCUT2D eigenvalue weighted by Gasteiger charge is -2.07. The fraction of sp³-hybridized carbons (Fsp3) is 0.0769. The Morgan fingerprint density at radius 1 is 0.941 bits per heavy atom. The van der Waals surface area contributed by atoms with Crippen LogP contribution in [0.25, 0.3) is 0 Å². The first kappa shape index (κ1) is 11.4. The van der Waals surface area contributed by atoms with Gasteiger partial charge in [-0.2, -0.15) is 0 Å². The molecule has 2 nitrogen and oxygen atoms in total. The summed E-state index contributed by atoms with van der Waals surface area (Å²) in [6.07, 6.45) is 0. The van der Waals surface area contributed by atoms with Gasteiger partial charge in [0, 0.05) is 18.3 Å². The van der Waals surface area contributed by atoms with Crippen LogP contribution in [-0.2, 0) is 6.54 Å². The Labute approximate surface area is 97.5 Å². The predicted molar refractivity (Wildman–Crippen MR) is 61.8 cm³/mol. The molecule has 0 amide bonds. The summed E-state index contributed by atoms with van der Waals surface area (Å²) in [5.74, 6) is -0.902. The largest absolute Gasteiger partial charge is 0.508 e. The summed E-state index contributed by atoms with van der Waals surface area (Å²) < 4.78 is 25.6. The molecule has 0 aromatic heterocycles. The minimum absolute atomic E-state index is 0.110. The second-order valence-electron chi connectivity index (χ2n) is 3.68. The van der Waals surface area contributed by atoms with Crippen molar-refractivity contribution in [2.24, 2.45) is 0 Å². The highest BCUT2D eigenvalue weighted by atomic mass is 19.1. The number of hydrogen-bond acceptors (Lipinski definition) is 2. The minimum atomic E-state index is -0.485. The van der Waals surface area contributed by atoms with Crippen molar-refractivity contribution in [3.05, 3.63) is 59.7 Å². The van der Waals surface area contributed by atoms with Crippen molar-refractivity contribution in [1.29, 1.82) is 0 Å². The third kappa shape index (κ3) is 3.17.